The molecule has 2 aliphatic heterocycles. The maximum atomic E-state index is 11.9. The first-order valence-electron chi connectivity index (χ1n) is 9.74. The molecule has 0 radical (unpaired) electrons. The van der Waals surface area contributed by atoms with Crippen molar-refractivity contribution in [2.45, 2.75) is 77.0 Å². The van der Waals surface area contributed by atoms with Crippen molar-refractivity contribution in [2.24, 2.45) is 22.7 Å². The number of hydrogen-bond acceptors (Lipinski definition) is 6. The molecular formula is C20H30O6. The average molecular weight is 366 g/mol. The molecule has 0 aromatic carbocycles. The molecule has 0 amide bonds. The molecule has 3 fully saturated rings. The number of cyclic esters (lactones) is 1. The Labute approximate surface area is 154 Å². The summed E-state index contributed by atoms with van der Waals surface area (Å²) in [6, 6.07) is 0. The van der Waals surface area contributed by atoms with Crippen LogP contribution in [0.4, 0.5) is 0 Å². The second-order valence-corrected chi connectivity index (χ2v) is 9.33. The van der Waals surface area contributed by atoms with Crippen molar-refractivity contribution in [1.82, 2.24) is 0 Å². The zero-order valence-electron chi connectivity index (χ0n) is 15.8. The van der Waals surface area contributed by atoms with E-state index in [4.69, 9.17) is 9.47 Å². The van der Waals surface area contributed by atoms with Crippen LogP contribution in [0, 0.1) is 22.7 Å². The highest BCUT2D eigenvalue weighted by Gasteiger charge is 2.73. The molecule has 146 valence electrons. The van der Waals surface area contributed by atoms with Crippen LogP contribution in [0.2, 0.25) is 0 Å². The number of hydrogen-bond donors (Lipinski definition) is 3. The zero-order valence-corrected chi connectivity index (χ0v) is 15.8. The first kappa shape index (κ1) is 18.4. The van der Waals surface area contributed by atoms with Crippen molar-refractivity contribution in [1.29, 1.82) is 0 Å². The molecule has 8 atom stereocenters. The van der Waals surface area contributed by atoms with Crippen molar-refractivity contribution in [3.63, 3.8) is 0 Å². The molecule has 1 spiro atoms. The number of fused-ring (bicyclic) bond motifs is 2. The molecule has 0 unspecified atom stereocenters. The summed E-state index contributed by atoms with van der Waals surface area (Å²) in [5.41, 5.74) is -0.371. The highest BCUT2D eigenvalue weighted by molar-refractivity contribution is 5.90. The van der Waals surface area contributed by atoms with E-state index in [0.717, 1.165) is 19.3 Å². The number of epoxide rings is 1. The number of aliphatic hydroxyl groups is 3. The SMILES string of the molecule is C[C@H]1CC[C@]2(C)[C@@H](C[C@@H](O)[C@@H](O)[C@@]23CO3)[C@@]1(C)CCC1=C[C@@H](O)OC1=O. The minimum atomic E-state index is -1.13. The van der Waals surface area contributed by atoms with Crippen LogP contribution < -0.4 is 0 Å². The summed E-state index contributed by atoms with van der Waals surface area (Å²) in [5.74, 6) is 0.192. The van der Waals surface area contributed by atoms with E-state index in [-0.39, 0.29) is 16.7 Å². The van der Waals surface area contributed by atoms with Crippen LogP contribution in [0.1, 0.15) is 52.9 Å². The fraction of sp³-hybridized carbons (Fsp3) is 0.850. The molecule has 6 nitrogen and oxygen atoms in total. The van der Waals surface area contributed by atoms with Crippen molar-refractivity contribution in [2.75, 3.05) is 6.61 Å². The van der Waals surface area contributed by atoms with E-state index in [2.05, 4.69) is 20.8 Å². The third kappa shape index (κ3) is 2.35. The number of aliphatic hydroxyl groups excluding tert-OH is 3. The number of carbonyl (C=O) groups excluding carboxylic acids is 1. The van der Waals surface area contributed by atoms with Gasteiger partial charge in [0.1, 0.15) is 11.7 Å². The number of rotatable bonds is 3. The fourth-order valence-corrected chi connectivity index (χ4v) is 6.19. The van der Waals surface area contributed by atoms with Gasteiger partial charge in [0.15, 0.2) is 0 Å². The third-order valence-corrected chi connectivity index (χ3v) is 8.30. The van der Waals surface area contributed by atoms with E-state index >= 15 is 0 Å². The van der Waals surface area contributed by atoms with Crippen LogP contribution in [-0.4, -0.2) is 52.0 Å². The summed E-state index contributed by atoms with van der Waals surface area (Å²) in [4.78, 5) is 11.9. The molecule has 0 aromatic heterocycles. The molecule has 4 aliphatic rings. The lowest BCUT2D eigenvalue weighted by Gasteiger charge is -2.61. The van der Waals surface area contributed by atoms with Gasteiger partial charge >= 0.3 is 5.97 Å². The molecule has 4 rings (SSSR count). The van der Waals surface area contributed by atoms with E-state index in [9.17, 15) is 20.1 Å². The van der Waals surface area contributed by atoms with Gasteiger partial charge in [0.05, 0.1) is 12.7 Å². The van der Waals surface area contributed by atoms with Gasteiger partial charge in [-0.1, -0.05) is 20.8 Å². The van der Waals surface area contributed by atoms with Gasteiger partial charge in [-0.25, -0.2) is 4.79 Å². The summed E-state index contributed by atoms with van der Waals surface area (Å²) >= 11 is 0. The van der Waals surface area contributed by atoms with Crippen LogP contribution in [0.15, 0.2) is 11.6 Å². The van der Waals surface area contributed by atoms with E-state index < -0.39 is 30.1 Å². The standard InChI is InChI=1S/C20H30O6/c1-11-4-7-19(3)14(9-13(21)16(23)20(19)10-25-20)18(11,2)6-5-12-8-15(22)26-17(12)24/h8,11,13-16,21-23H,4-7,9-10H2,1-3H3/t11-,13+,14-,15-,16+,18-,19+,20-/m0/s1. The molecule has 1 saturated heterocycles. The van der Waals surface area contributed by atoms with E-state index in [1.807, 2.05) is 0 Å². The normalized spacial score (nSPS) is 53.2. The first-order valence-corrected chi connectivity index (χ1v) is 9.74. The molecule has 3 N–H and O–H groups in total. The van der Waals surface area contributed by atoms with Gasteiger partial charge in [-0.2, -0.15) is 0 Å². The van der Waals surface area contributed by atoms with E-state index in [1.54, 1.807) is 0 Å². The first-order chi connectivity index (χ1) is 12.1. The van der Waals surface area contributed by atoms with Crippen molar-refractivity contribution in [3.05, 3.63) is 11.6 Å². The highest BCUT2D eigenvalue weighted by Crippen LogP contribution is 2.68. The molecule has 26 heavy (non-hydrogen) atoms. The number of carbonyl (C=O) groups is 1. The lowest BCUT2D eigenvalue weighted by Crippen LogP contribution is -2.65. The Balaban J connectivity index is 1.62. The second-order valence-electron chi connectivity index (χ2n) is 9.33. The summed E-state index contributed by atoms with van der Waals surface area (Å²) < 4.78 is 10.6. The zero-order chi connectivity index (χ0) is 18.9. The minimum absolute atomic E-state index is 0.0955. The van der Waals surface area contributed by atoms with Gasteiger partial charge in [0.25, 0.3) is 0 Å². The van der Waals surface area contributed by atoms with Crippen molar-refractivity contribution in [3.8, 4) is 0 Å². The summed E-state index contributed by atoms with van der Waals surface area (Å²) in [5, 5.41) is 30.6. The van der Waals surface area contributed by atoms with Crippen LogP contribution in [0.3, 0.4) is 0 Å². The average Bonchev–Trinajstić information content (AvgIpc) is 3.33. The van der Waals surface area contributed by atoms with Crippen LogP contribution in [0.25, 0.3) is 0 Å². The Bertz CT molecular complexity index is 640. The summed E-state index contributed by atoms with van der Waals surface area (Å²) in [7, 11) is 0. The summed E-state index contributed by atoms with van der Waals surface area (Å²) in [6.07, 6.45) is 2.64. The number of ether oxygens (including phenoxy) is 2. The second kappa shape index (κ2) is 5.77. The predicted octanol–water partition coefficient (Wildman–Crippen LogP) is 1.52. The fourth-order valence-electron chi connectivity index (χ4n) is 6.19. The Kier molecular flexibility index (Phi) is 4.09. The smallest absolute Gasteiger partial charge is 0.336 e. The molecule has 2 aliphatic carbocycles. The Hall–Kier alpha value is -0.950. The quantitative estimate of drug-likeness (QED) is 0.517. The van der Waals surface area contributed by atoms with Crippen molar-refractivity contribution < 1.29 is 29.6 Å². The maximum absolute atomic E-state index is 11.9. The molecule has 6 heteroatoms. The van der Waals surface area contributed by atoms with Crippen LogP contribution >= 0.6 is 0 Å². The van der Waals surface area contributed by atoms with Crippen molar-refractivity contribution >= 4 is 5.97 Å². The Morgan fingerprint density at radius 1 is 1.27 bits per heavy atom. The van der Waals surface area contributed by atoms with Gasteiger partial charge in [0.2, 0.25) is 6.29 Å². The topological polar surface area (TPSA) is 99.5 Å². The van der Waals surface area contributed by atoms with Gasteiger partial charge < -0.3 is 24.8 Å². The highest BCUT2D eigenvalue weighted by atomic mass is 16.6. The van der Waals surface area contributed by atoms with E-state index in [0.29, 0.717) is 30.9 Å². The molecule has 2 saturated carbocycles. The number of esters is 1. The Morgan fingerprint density at radius 2 is 1.96 bits per heavy atom. The minimum Gasteiger partial charge on any atom is -0.429 e. The van der Waals surface area contributed by atoms with Gasteiger partial charge in [-0.15, -0.1) is 0 Å². The molecule has 0 bridgehead atoms. The largest absolute Gasteiger partial charge is 0.429 e. The lowest BCUT2D eigenvalue weighted by atomic mass is 9.43. The van der Waals surface area contributed by atoms with Crippen LogP contribution in [0.5, 0.6) is 0 Å². The monoisotopic (exact) mass is 366 g/mol. The summed E-state index contributed by atoms with van der Waals surface area (Å²) in [6.45, 7) is 7.20. The Morgan fingerprint density at radius 3 is 2.54 bits per heavy atom. The van der Waals surface area contributed by atoms with Crippen LogP contribution in [-0.2, 0) is 14.3 Å². The maximum Gasteiger partial charge on any atom is 0.336 e. The van der Waals surface area contributed by atoms with Gasteiger partial charge in [0, 0.05) is 11.0 Å². The molecule has 2 heterocycles. The molecular weight excluding hydrogens is 336 g/mol. The van der Waals surface area contributed by atoms with Gasteiger partial charge in [-0.05, 0) is 55.4 Å². The van der Waals surface area contributed by atoms with Gasteiger partial charge in [-0.3, -0.25) is 0 Å². The molecule has 0 aromatic rings. The lowest BCUT2D eigenvalue weighted by molar-refractivity contribution is -0.197. The third-order valence-electron chi connectivity index (χ3n) is 8.30. The van der Waals surface area contributed by atoms with E-state index in [1.165, 1.54) is 6.08 Å². The predicted molar refractivity (Wildman–Crippen MR) is 92.8 cm³/mol.